The van der Waals surface area contributed by atoms with Gasteiger partial charge in [-0.1, -0.05) is 0 Å². The average molecular weight is 241 g/mol. The quantitative estimate of drug-likeness (QED) is 0.297. The molecule has 2 aromatic heterocycles. The van der Waals surface area contributed by atoms with E-state index in [4.69, 9.17) is 0 Å². The predicted molar refractivity (Wildman–Crippen MR) is 46.4 cm³/mol. The molecule has 0 aromatic carbocycles. The summed E-state index contributed by atoms with van der Waals surface area (Å²) in [6.45, 7) is 0. The van der Waals surface area contributed by atoms with Crippen LogP contribution in [-0.4, -0.2) is 14.8 Å². The van der Waals surface area contributed by atoms with Crippen molar-refractivity contribution in [2.45, 2.75) is 0 Å². The Kier molecular flexibility index (Phi) is 2.02. The molecule has 0 fully saturated rings. The van der Waals surface area contributed by atoms with Crippen LogP contribution in [0.3, 0.4) is 0 Å². The summed E-state index contributed by atoms with van der Waals surface area (Å²) in [6, 6.07) is 1.60. The first-order valence-corrected chi connectivity index (χ1v) is 4.09. The van der Waals surface area contributed by atoms with E-state index in [-0.39, 0.29) is 0 Å². The SMILES string of the molecule is O=[N+]([O-])c1c[c-]([N+](=O)[O-])[n+]2cc[c-]([N+](=O)[O-])[n+]12. The van der Waals surface area contributed by atoms with Gasteiger partial charge in [-0.3, -0.25) is 30.3 Å². The Hall–Kier alpha value is -2.98. The zero-order valence-electron chi connectivity index (χ0n) is 7.92. The first-order valence-electron chi connectivity index (χ1n) is 4.09. The fraction of sp³-hybridized carbons (Fsp3) is 0. The van der Waals surface area contributed by atoms with Gasteiger partial charge >= 0.3 is 17.5 Å². The average Bonchev–Trinajstić information content (AvgIpc) is 2.73. The van der Waals surface area contributed by atoms with Crippen molar-refractivity contribution in [2.75, 3.05) is 0 Å². The third-order valence-electron chi connectivity index (χ3n) is 2.07. The van der Waals surface area contributed by atoms with Crippen molar-refractivity contribution in [1.29, 1.82) is 0 Å². The third kappa shape index (κ3) is 1.37. The van der Waals surface area contributed by atoms with Crippen molar-refractivity contribution in [3.8, 4) is 0 Å². The number of nitro groups is 3. The second kappa shape index (κ2) is 3.26. The van der Waals surface area contributed by atoms with Gasteiger partial charge in [-0.25, -0.2) is 0 Å². The largest absolute Gasteiger partial charge is 0.477 e. The molecule has 17 heavy (non-hydrogen) atoms. The summed E-state index contributed by atoms with van der Waals surface area (Å²) in [6.07, 6.45) is 1.02. The molecule has 0 unspecified atom stereocenters. The fourth-order valence-corrected chi connectivity index (χ4v) is 1.44. The molecule has 0 saturated heterocycles. The van der Waals surface area contributed by atoms with Gasteiger partial charge in [0.25, 0.3) is 0 Å². The topological polar surface area (TPSA) is 138 Å². The molecule has 0 spiro atoms. The Morgan fingerprint density at radius 1 is 1.06 bits per heavy atom. The van der Waals surface area contributed by atoms with Crippen molar-refractivity contribution in [3.63, 3.8) is 0 Å². The molecular weight excluding hydrogens is 238 g/mol. The maximum atomic E-state index is 10.6. The summed E-state index contributed by atoms with van der Waals surface area (Å²) in [7, 11) is 0. The Labute approximate surface area is 90.9 Å². The van der Waals surface area contributed by atoms with E-state index in [1.54, 1.807) is 0 Å². The smallest absolute Gasteiger partial charge is 0.265 e. The van der Waals surface area contributed by atoms with Gasteiger partial charge in [0.2, 0.25) is 0 Å². The van der Waals surface area contributed by atoms with Crippen LogP contribution in [0.5, 0.6) is 0 Å². The van der Waals surface area contributed by atoms with Crippen molar-refractivity contribution in [2.24, 2.45) is 0 Å². The number of hydrogen-bond acceptors (Lipinski definition) is 6. The minimum atomic E-state index is -0.931. The summed E-state index contributed by atoms with van der Waals surface area (Å²) in [5.74, 6) is -1.98. The normalized spacial score (nSPS) is 10.6. The molecule has 0 amide bonds. The summed E-state index contributed by atoms with van der Waals surface area (Å²) >= 11 is 0. The minimum Gasteiger partial charge on any atom is -0.265 e. The Morgan fingerprint density at radius 3 is 2.12 bits per heavy atom. The number of aromatic nitrogens is 2. The highest BCUT2D eigenvalue weighted by molar-refractivity contribution is 5.24. The lowest BCUT2D eigenvalue weighted by Crippen LogP contribution is -2.49. The van der Waals surface area contributed by atoms with Crippen molar-refractivity contribution >= 4 is 17.5 Å². The van der Waals surface area contributed by atoms with Gasteiger partial charge in [-0.05, 0) is 0 Å². The lowest BCUT2D eigenvalue weighted by molar-refractivity contribution is -1.13. The van der Waals surface area contributed by atoms with E-state index in [1.807, 2.05) is 0 Å². The molecule has 11 heteroatoms. The maximum Gasteiger partial charge on any atom is 0.477 e. The van der Waals surface area contributed by atoms with Gasteiger partial charge in [0, 0.05) is 4.52 Å². The van der Waals surface area contributed by atoms with Gasteiger partial charge in [0.05, 0.1) is 25.4 Å². The van der Waals surface area contributed by atoms with E-state index in [9.17, 15) is 30.3 Å². The van der Waals surface area contributed by atoms with Crippen LogP contribution >= 0.6 is 0 Å². The lowest BCUT2D eigenvalue weighted by atomic mass is 10.5. The second-order valence-corrected chi connectivity index (χ2v) is 2.96. The van der Waals surface area contributed by atoms with E-state index in [0.29, 0.717) is 10.6 Å². The van der Waals surface area contributed by atoms with E-state index in [1.165, 1.54) is 0 Å². The fourth-order valence-electron chi connectivity index (χ4n) is 1.44. The highest BCUT2D eigenvalue weighted by atomic mass is 16.6. The second-order valence-electron chi connectivity index (χ2n) is 2.96. The van der Waals surface area contributed by atoms with Crippen LogP contribution in [0.2, 0.25) is 0 Å². The molecule has 2 aromatic rings. The minimum absolute atomic E-state index is 0.554. The third-order valence-corrected chi connectivity index (χ3v) is 2.07. The number of fused-ring (bicyclic) bond motifs is 1. The molecule has 0 aliphatic heterocycles. The van der Waals surface area contributed by atoms with E-state index in [2.05, 4.69) is 0 Å². The lowest BCUT2D eigenvalue weighted by Gasteiger charge is -1.82. The number of nitrogens with zero attached hydrogens (tertiary/aromatic N) is 5. The molecule has 0 radical (unpaired) electrons. The molecule has 11 nitrogen and oxygen atoms in total. The van der Waals surface area contributed by atoms with Gasteiger partial charge < -0.3 is 0 Å². The van der Waals surface area contributed by atoms with E-state index >= 15 is 0 Å². The molecular formula is C6H3N5O6. The van der Waals surface area contributed by atoms with Crippen LogP contribution in [0, 0.1) is 30.3 Å². The van der Waals surface area contributed by atoms with Crippen LogP contribution in [-0.2, 0) is 0 Å². The molecule has 2 rings (SSSR count). The Bertz CT molecular complexity index is 641. The van der Waals surface area contributed by atoms with Crippen molar-refractivity contribution in [3.05, 3.63) is 48.7 Å². The van der Waals surface area contributed by atoms with Crippen molar-refractivity contribution in [1.82, 2.24) is 0 Å². The summed E-state index contributed by atoms with van der Waals surface area (Å²) in [5, 5.41) is 31.9. The predicted octanol–water partition coefficient (Wildman–Crippen LogP) is -0.827. The van der Waals surface area contributed by atoms with Crippen LogP contribution < -0.4 is 9.03 Å². The zero-order valence-corrected chi connectivity index (χ0v) is 7.92. The Morgan fingerprint density at radius 2 is 1.65 bits per heavy atom. The molecule has 0 saturated carbocycles. The summed E-state index contributed by atoms with van der Waals surface area (Å²) in [4.78, 5) is 29.2. The van der Waals surface area contributed by atoms with Gasteiger partial charge in [-0.15, -0.1) is 0 Å². The Balaban J connectivity index is 2.89. The van der Waals surface area contributed by atoms with E-state index < -0.39 is 32.2 Å². The zero-order chi connectivity index (χ0) is 12.7. The molecule has 2 heterocycles. The van der Waals surface area contributed by atoms with Crippen LogP contribution in [0.1, 0.15) is 0 Å². The maximum absolute atomic E-state index is 10.6. The highest BCUT2D eigenvalue weighted by Crippen LogP contribution is 2.15. The molecule has 0 aliphatic rings. The van der Waals surface area contributed by atoms with Gasteiger partial charge in [0.1, 0.15) is 6.07 Å². The van der Waals surface area contributed by atoms with Crippen LogP contribution in [0.15, 0.2) is 18.3 Å². The molecule has 0 atom stereocenters. The van der Waals surface area contributed by atoms with Gasteiger partial charge in [0.15, 0.2) is 6.20 Å². The monoisotopic (exact) mass is 241 g/mol. The van der Waals surface area contributed by atoms with Crippen molar-refractivity contribution < 1.29 is 23.8 Å². The highest BCUT2D eigenvalue weighted by Gasteiger charge is 2.39. The first kappa shape index (κ1) is 10.5. The van der Waals surface area contributed by atoms with Crippen LogP contribution in [0.4, 0.5) is 17.5 Å². The standard InChI is InChI=1S/C6H3N5O6/c12-9(13)4-1-2-7-5(10(14)15)3-6(8(4)7)11(16)17/h1-3H. The van der Waals surface area contributed by atoms with E-state index in [0.717, 1.165) is 16.8 Å². The first-order chi connectivity index (χ1) is 7.93. The molecule has 0 bridgehead atoms. The van der Waals surface area contributed by atoms with Gasteiger partial charge in [-0.2, -0.15) is 0 Å². The van der Waals surface area contributed by atoms with Crippen LogP contribution in [0.25, 0.3) is 0 Å². The molecule has 88 valence electrons. The number of hydrogen-bond donors (Lipinski definition) is 0. The summed E-state index contributed by atoms with van der Waals surface area (Å²) in [5.41, 5.74) is 0. The molecule has 0 N–H and O–H groups in total. The molecule has 0 aliphatic carbocycles. The number of rotatable bonds is 3. The summed E-state index contributed by atoms with van der Waals surface area (Å²) < 4.78 is 1.29.